The van der Waals surface area contributed by atoms with E-state index in [1.54, 1.807) is 17.2 Å². The van der Waals surface area contributed by atoms with Crippen LogP contribution >= 0.6 is 11.6 Å². The standard InChI is InChI=1S/C34H33ClF2N6O3/c1-7-26(44)41-14-20(6)42(15-19(41)5)33-22-13-24(35)30(27-28(37)25(36)12-21-9-11-46-31(21)27)39-32(22)43(34(45)40-33)16-23-18(4)8-10-38-29(23)17(2)3/h7-13,17,19-20H,1,14-16H2,2-6H3/t19-,20+/m1/s1. The molecule has 1 aromatic carbocycles. The molecule has 5 heterocycles. The molecule has 238 valence electrons. The number of fused-ring (bicyclic) bond motifs is 2. The zero-order valence-electron chi connectivity index (χ0n) is 26.1. The largest absolute Gasteiger partial charge is 0.464 e. The molecule has 4 aromatic heterocycles. The van der Waals surface area contributed by atoms with Crippen molar-refractivity contribution >= 4 is 45.3 Å². The molecule has 0 saturated carbocycles. The topological polar surface area (TPSA) is 97.4 Å². The number of benzene rings is 1. The van der Waals surface area contributed by atoms with Gasteiger partial charge in [-0.1, -0.05) is 32.0 Å². The Labute approximate surface area is 269 Å². The number of carbonyl (C=O) groups excluding carboxylic acids is 1. The fourth-order valence-electron chi connectivity index (χ4n) is 6.27. The summed E-state index contributed by atoms with van der Waals surface area (Å²) in [6.07, 6.45) is 4.34. The second kappa shape index (κ2) is 11.9. The number of furan rings is 1. The van der Waals surface area contributed by atoms with Crippen LogP contribution in [-0.4, -0.2) is 55.5 Å². The molecule has 1 aliphatic rings. The Morgan fingerprint density at radius 3 is 2.65 bits per heavy atom. The van der Waals surface area contributed by atoms with Gasteiger partial charge in [-0.3, -0.25) is 14.3 Å². The molecule has 1 saturated heterocycles. The van der Waals surface area contributed by atoms with Crippen LogP contribution in [0.1, 0.15) is 50.4 Å². The molecule has 5 aromatic rings. The Kier molecular flexibility index (Phi) is 8.14. The van der Waals surface area contributed by atoms with E-state index in [0.29, 0.717) is 29.7 Å². The number of rotatable bonds is 6. The van der Waals surface area contributed by atoms with E-state index in [1.807, 2.05) is 45.6 Å². The Balaban J connectivity index is 1.62. The van der Waals surface area contributed by atoms with Crippen molar-refractivity contribution in [3.8, 4) is 11.3 Å². The second-order valence-corrected chi connectivity index (χ2v) is 12.5. The average Bonchev–Trinajstić information content (AvgIpc) is 3.48. The molecule has 0 aliphatic carbocycles. The number of amides is 1. The van der Waals surface area contributed by atoms with Crippen LogP contribution in [0.4, 0.5) is 14.6 Å². The third-order valence-corrected chi connectivity index (χ3v) is 8.95. The number of hydrogen-bond acceptors (Lipinski definition) is 7. The molecule has 0 spiro atoms. The first kappa shape index (κ1) is 31.3. The maximum Gasteiger partial charge on any atom is 0.351 e. The number of piperazine rings is 1. The van der Waals surface area contributed by atoms with Gasteiger partial charge >= 0.3 is 5.69 Å². The lowest BCUT2D eigenvalue weighted by atomic mass is 9.99. The van der Waals surface area contributed by atoms with Crippen LogP contribution in [0.25, 0.3) is 33.3 Å². The van der Waals surface area contributed by atoms with Crippen molar-refractivity contribution in [2.24, 2.45) is 0 Å². The summed E-state index contributed by atoms with van der Waals surface area (Å²) in [5.41, 5.74) is 1.92. The molecule has 0 N–H and O–H groups in total. The van der Waals surface area contributed by atoms with Crippen molar-refractivity contribution in [1.82, 2.24) is 24.4 Å². The summed E-state index contributed by atoms with van der Waals surface area (Å²) in [6.45, 7) is 14.3. The van der Waals surface area contributed by atoms with Gasteiger partial charge in [0.15, 0.2) is 11.6 Å². The summed E-state index contributed by atoms with van der Waals surface area (Å²) >= 11 is 6.83. The van der Waals surface area contributed by atoms with Crippen molar-refractivity contribution in [3.63, 3.8) is 0 Å². The molecule has 1 aliphatic heterocycles. The summed E-state index contributed by atoms with van der Waals surface area (Å²) in [5, 5.41) is 0.794. The van der Waals surface area contributed by atoms with E-state index >= 15 is 4.39 Å². The molecule has 46 heavy (non-hydrogen) atoms. The zero-order valence-corrected chi connectivity index (χ0v) is 26.9. The van der Waals surface area contributed by atoms with Crippen molar-refractivity contribution in [1.29, 1.82) is 0 Å². The van der Waals surface area contributed by atoms with E-state index in [9.17, 15) is 14.0 Å². The number of pyridine rings is 2. The van der Waals surface area contributed by atoms with Gasteiger partial charge in [-0.15, -0.1) is 0 Å². The maximum absolute atomic E-state index is 15.5. The molecule has 9 nitrogen and oxygen atoms in total. The SMILES string of the molecule is C=CC(=O)N1C[C@H](C)N(c2nc(=O)n(Cc3c(C)ccnc3C(C)C)c3nc(-c4c(F)c(F)cc5ccoc45)c(Cl)cc23)C[C@H]1C. The minimum atomic E-state index is -1.17. The van der Waals surface area contributed by atoms with Crippen LogP contribution in [-0.2, 0) is 11.3 Å². The highest BCUT2D eigenvalue weighted by atomic mass is 35.5. The number of carbonyl (C=O) groups is 1. The third-order valence-electron chi connectivity index (χ3n) is 8.66. The van der Waals surface area contributed by atoms with Crippen LogP contribution < -0.4 is 10.6 Å². The van der Waals surface area contributed by atoms with Crippen LogP contribution in [0.3, 0.4) is 0 Å². The number of halogens is 3. The molecule has 2 atom stereocenters. The van der Waals surface area contributed by atoms with Gasteiger partial charge in [0.2, 0.25) is 5.91 Å². The highest BCUT2D eigenvalue weighted by molar-refractivity contribution is 6.34. The van der Waals surface area contributed by atoms with Gasteiger partial charge in [-0.25, -0.2) is 18.6 Å². The van der Waals surface area contributed by atoms with Gasteiger partial charge in [-0.05, 0) is 68.2 Å². The van der Waals surface area contributed by atoms with Gasteiger partial charge in [0.1, 0.15) is 17.0 Å². The highest BCUT2D eigenvalue weighted by Crippen LogP contribution is 2.39. The maximum atomic E-state index is 15.5. The van der Waals surface area contributed by atoms with E-state index in [0.717, 1.165) is 22.9 Å². The van der Waals surface area contributed by atoms with Crippen LogP contribution in [0.15, 0.2) is 58.6 Å². The molecule has 6 rings (SSSR count). The lowest BCUT2D eigenvalue weighted by Crippen LogP contribution is -2.58. The summed E-state index contributed by atoms with van der Waals surface area (Å²) in [6, 6.07) is 5.56. The first-order chi connectivity index (χ1) is 21.9. The number of nitrogens with zero attached hydrogens (tertiary/aromatic N) is 6. The zero-order chi connectivity index (χ0) is 33.0. The predicted octanol–water partition coefficient (Wildman–Crippen LogP) is 6.62. The number of aromatic nitrogens is 4. The lowest BCUT2D eigenvalue weighted by molar-refractivity contribution is -0.128. The monoisotopic (exact) mass is 646 g/mol. The Hall–Kier alpha value is -4.64. The van der Waals surface area contributed by atoms with Gasteiger partial charge < -0.3 is 14.2 Å². The highest BCUT2D eigenvalue weighted by Gasteiger charge is 2.34. The molecule has 1 fully saturated rings. The van der Waals surface area contributed by atoms with Gasteiger partial charge in [0.05, 0.1) is 34.5 Å². The van der Waals surface area contributed by atoms with Crippen LogP contribution in [0.5, 0.6) is 0 Å². The Bertz CT molecular complexity index is 2090. The first-order valence-electron chi connectivity index (χ1n) is 15.0. The van der Waals surface area contributed by atoms with Crippen LogP contribution in [0, 0.1) is 18.6 Å². The van der Waals surface area contributed by atoms with Crippen molar-refractivity contribution in [2.45, 2.75) is 59.2 Å². The molecule has 0 unspecified atom stereocenters. The molecule has 12 heteroatoms. The lowest BCUT2D eigenvalue weighted by Gasteiger charge is -2.44. The number of hydrogen-bond donors (Lipinski definition) is 0. The average molecular weight is 647 g/mol. The summed E-state index contributed by atoms with van der Waals surface area (Å²) < 4.78 is 37.3. The van der Waals surface area contributed by atoms with Crippen molar-refractivity contribution in [2.75, 3.05) is 18.0 Å². The Morgan fingerprint density at radius 2 is 1.93 bits per heavy atom. The van der Waals surface area contributed by atoms with E-state index in [1.165, 1.54) is 23.0 Å². The number of anilines is 1. The van der Waals surface area contributed by atoms with Crippen molar-refractivity contribution in [3.05, 3.63) is 93.3 Å². The van der Waals surface area contributed by atoms with E-state index in [4.69, 9.17) is 21.0 Å². The minimum Gasteiger partial charge on any atom is -0.464 e. The molecule has 0 bridgehead atoms. The fourth-order valence-corrected chi connectivity index (χ4v) is 6.52. The third kappa shape index (κ3) is 5.22. The summed E-state index contributed by atoms with van der Waals surface area (Å²) in [5.74, 6) is -2.05. The van der Waals surface area contributed by atoms with Gasteiger partial charge in [-0.2, -0.15) is 4.98 Å². The number of aryl methyl sites for hydroxylation is 1. The van der Waals surface area contributed by atoms with Crippen molar-refractivity contribution < 1.29 is 18.0 Å². The molecule has 1 amide bonds. The molecular weight excluding hydrogens is 614 g/mol. The second-order valence-electron chi connectivity index (χ2n) is 12.1. The summed E-state index contributed by atoms with van der Waals surface area (Å²) in [4.78, 5) is 44.1. The predicted molar refractivity (Wildman–Crippen MR) is 174 cm³/mol. The smallest absolute Gasteiger partial charge is 0.351 e. The van der Waals surface area contributed by atoms with E-state index in [2.05, 4.69) is 16.5 Å². The fraction of sp³-hybridized carbons (Fsp3) is 0.324. The molecular formula is C34H33ClF2N6O3. The summed E-state index contributed by atoms with van der Waals surface area (Å²) in [7, 11) is 0. The van der Waals surface area contributed by atoms with Crippen LogP contribution in [0.2, 0.25) is 5.02 Å². The first-order valence-corrected chi connectivity index (χ1v) is 15.4. The van der Waals surface area contributed by atoms with E-state index in [-0.39, 0.29) is 58.0 Å². The van der Waals surface area contributed by atoms with Gasteiger partial charge in [0, 0.05) is 42.5 Å². The van der Waals surface area contributed by atoms with Gasteiger partial charge in [0.25, 0.3) is 0 Å². The Morgan fingerprint density at radius 1 is 1.17 bits per heavy atom. The minimum absolute atomic E-state index is 0.0181. The van der Waals surface area contributed by atoms with E-state index < -0.39 is 17.3 Å². The molecule has 0 radical (unpaired) electrons. The normalized spacial score (nSPS) is 17.0. The quantitative estimate of drug-likeness (QED) is 0.191.